The van der Waals surface area contributed by atoms with E-state index in [4.69, 9.17) is 98.4 Å². The van der Waals surface area contributed by atoms with Crippen molar-refractivity contribution in [1.29, 1.82) is 0 Å². The van der Waals surface area contributed by atoms with Crippen LogP contribution in [0.25, 0.3) is 0 Å². The molecule has 0 aromatic carbocycles. The fourth-order valence-corrected chi connectivity index (χ4v) is 16.1. The van der Waals surface area contributed by atoms with E-state index in [0.717, 1.165) is 0 Å². The summed E-state index contributed by atoms with van der Waals surface area (Å²) in [5.74, 6) is -3.68. The van der Waals surface area contributed by atoms with Gasteiger partial charge in [-0.05, 0) is 32.6 Å². The van der Waals surface area contributed by atoms with Gasteiger partial charge in [0.2, 0.25) is 23.6 Å². The summed E-state index contributed by atoms with van der Waals surface area (Å²) in [5.41, 5.74) is 0. The number of ether oxygens (including phenoxy) is 19. The van der Waals surface area contributed by atoms with Crippen LogP contribution in [0.5, 0.6) is 0 Å². The zero-order valence-corrected chi connectivity index (χ0v) is 66.1. The molecule has 0 aromatic rings. The van der Waals surface area contributed by atoms with Crippen molar-refractivity contribution in [3.05, 3.63) is 0 Å². The lowest BCUT2D eigenvalue weighted by molar-refractivity contribution is -0.346. The molecule has 0 saturated carbocycles. The first-order chi connectivity index (χ1) is 51.9. The van der Waals surface area contributed by atoms with Crippen molar-refractivity contribution in [2.45, 2.75) is 311 Å². The Kier molecular flexibility index (Phi) is 36.1. The first kappa shape index (κ1) is 91.3. The molecule has 9 N–H and O–H groups in total. The van der Waals surface area contributed by atoms with Crippen LogP contribution in [0.1, 0.15) is 139 Å². The average molecular weight is 1610 g/mol. The molecule has 8 saturated heterocycles. The number of nitrogens with one attached hydrogen (secondary N) is 4. The van der Waals surface area contributed by atoms with Crippen LogP contribution in [0.4, 0.5) is 0 Å². The second-order valence-corrected chi connectivity index (χ2v) is 31.4. The van der Waals surface area contributed by atoms with Crippen LogP contribution in [-0.2, 0) is 138 Å². The average Bonchev–Trinajstić information content (AvgIpc) is 0.787. The molecular weight excluding hydrogens is 1490 g/mol. The van der Waals surface area contributed by atoms with Crippen molar-refractivity contribution in [3.8, 4) is 0 Å². The van der Waals surface area contributed by atoms with Gasteiger partial charge in [-0.15, -0.1) is 0 Å². The largest absolute Gasteiger partial charge is 0.397 e. The standard InChI is InChI=1S/C69H120N4O34S2/c1-14-18-51(77)70-59-34(5)63(44(26-74)97-38(59)9)104-56-23-41(88-11)46(29-92-56)99-67-60(71-52(78)19-15-2)35(6)64(45(27-75)98-67)105-57-24-42(89-12)47(30-93-57)100-69-62(73-54(80)21-17-4)37(8)66(50(103-69)33-96-109(84,85)86)107-58-25-43(90-13)48(31-94-58)101-68-61(72-53(79)20-16-3)36(7)65(49(102-68)32-95-108(81,82)83)106-55-22-40(87-10)39(76)28-91-55/h34-50,55-69,74-76H,14-33H2,1-13H3,(H,70,77)(H,71,78)(H,72,79)(H,73,80)(H,81,82,83)(H,84,85,86)/t34-,35-,36-,37-,38+,39-,40+,41+,42+,43+,44?,45?,46+,47+,48+,49?,50?,55+,56+,57+,58+,59?,60?,61?,62?,63+,64+,65+,66+,67+,68-,69-/m1/s1. The smallest absolute Gasteiger partial charge is 0.394 e. The molecule has 0 aliphatic carbocycles. The minimum atomic E-state index is -5.12. The molecule has 632 valence electrons. The predicted molar refractivity (Wildman–Crippen MR) is 374 cm³/mol. The maximum Gasteiger partial charge on any atom is 0.397 e. The van der Waals surface area contributed by atoms with E-state index in [2.05, 4.69) is 21.3 Å². The molecular formula is C69H120N4O34S2. The predicted octanol–water partition coefficient (Wildman–Crippen LogP) is 0.359. The van der Waals surface area contributed by atoms with Gasteiger partial charge in [-0.3, -0.25) is 28.3 Å². The molecule has 8 heterocycles. The molecule has 0 spiro atoms. The number of carbonyl (C=O) groups excluding carboxylic acids is 4. The van der Waals surface area contributed by atoms with E-state index in [1.54, 1.807) is 13.8 Å². The third-order valence-corrected chi connectivity index (χ3v) is 22.3. The zero-order chi connectivity index (χ0) is 79.6. The van der Waals surface area contributed by atoms with E-state index in [9.17, 15) is 60.4 Å². The minimum absolute atomic E-state index is 0.00200. The third-order valence-electron chi connectivity index (χ3n) is 21.4. The normalized spacial score (nSPS) is 40.5. The molecule has 4 amide bonds. The third kappa shape index (κ3) is 25.4. The van der Waals surface area contributed by atoms with Crippen LogP contribution in [0.3, 0.4) is 0 Å². The first-order valence-corrected chi connectivity index (χ1v) is 40.7. The lowest BCUT2D eigenvalue weighted by atomic mass is 9.85. The topological polar surface area (TPSA) is 480 Å². The summed E-state index contributed by atoms with van der Waals surface area (Å²) in [4.78, 5) is 53.4. The Morgan fingerprint density at radius 3 is 0.963 bits per heavy atom. The van der Waals surface area contributed by atoms with Crippen LogP contribution in [-0.4, -0.2) is 318 Å². The molecule has 0 bridgehead atoms. The highest BCUT2D eigenvalue weighted by Gasteiger charge is 2.55. The Balaban J connectivity index is 0.939. The maximum absolute atomic E-state index is 13.7. The number of methoxy groups -OCH3 is 4. The Bertz CT molecular complexity index is 3030. The van der Waals surface area contributed by atoms with Crippen LogP contribution in [0.2, 0.25) is 0 Å². The summed E-state index contributed by atoms with van der Waals surface area (Å²) < 4.78 is 198. The van der Waals surface area contributed by atoms with Crippen molar-refractivity contribution >= 4 is 44.4 Å². The summed E-state index contributed by atoms with van der Waals surface area (Å²) in [6.07, 6.45) is -20.6. The van der Waals surface area contributed by atoms with Crippen molar-refractivity contribution in [1.82, 2.24) is 21.3 Å². The molecule has 8 fully saturated rings. The van der Waals surface area contributed by atoms with E-state index in [1.165, 1.54) is 28.4 Å². The number of aliphatic hydroxyl groups excluding tert-OH is 3. The van der Waals surface area contributed by atoms with Gasteiger partial charge in [-0.2, -0.15) is 16.8 Å². The van der Waals surface area contributed by atoms with Gasteiger partial charge in [0.05, 0.1) is 132 Å². The SMILES string of the molecule is CCCC(=O)NC1[C@H](O[C@H]2CO[C@@H](O[C@@H]3C(COS(=O)(=O)O)O[C@@H](O[C@H]4CO[C@@H](O[C@@H]5C(CO)O[C@@H](O[C@H]6CO[C@@H](O[C@@H]7C(CO)O[C@@H](C)C(NC(=O)CCC)[C@H]7C)C[C@@H]6OC)C(NC(=O)CCC)[C@H]5C)C[C@@H]4OC)C(NC(=O)CCC)[C@H]3C)C[C@@H]2OC)OC(COS(=O)(=O)O)[C@@H](O[C@H]2C[C@H](OC)[C@H](O)CO2)[C@@H]1C. The molecule has 0 aromatic heterocycles. The van der Waals surface area contributed by atoms with Gasteiger partial charge in [-0.25, -0.2) is 8.37 Å². The molecule has 8 unspecified atom stereocenters. The van der Waals surface area contributed by atoms with Gasteiger partial charge >= 0.3 is 20.8 Å². The van der Waals surface area contributed by atoms with Crippen molar-refractivity contribution < 1.29 is 159 Å². The molecule has 8 rings (SSSR count). The second kappa shape index (κ2) is 43.1. The number of hydrogen-bond donors (Lipinski definition) is 9. The van der Waals surface area contributed by atoms with Crippen LogP contribution >= 0.6 is 0 Å². The number of hydrogen-bond acceptors (Lipinski definition) is 32. The summed E-state index contributed by atoms with van der Waals surface area (Å²) >= 11 is 0. The van der Waals surface area contributed by atoms with E-state index in [1.807, 2.05) is 48.5 Å². The lowest BCUT2D eigenvalue weighted by Gasteiger charge is -2.50. The zero-order valence-electron chi connectivity index (χ0n) is 64.5. The summed E-state index contributed by atoms with van der Waals surface area (Å²) in [7, 11) is -4.39. The number of rotatable bonds is 38. The van der Waals surface area contributed by atoms with Gasteiger partial charge in [-0.1, -0.05) is 55.4 Å². The lowest BCUT2D eigenvalue weighted by Crippen LogP contribution is -2.65. The van der Waals surface area contributed by atoms with E-state index in [-0.39, 0.29) is 102 Å². The van der Waals surface area contributed by atoms with Crippen LogP contribution < -0.4 is 21.3 Å². The summed E-state index contributed by atoms with van der Waals surface area (Å²) in [6.45, 7) is 13.2. The maximum atomic E-state index is 13.7. The monoisotopic (exact) mass is 1610 g/mol. The van der Waals surface area contributed by atoms with Crippen molar-refractivity contribution in [2.24, 2.45) is 23.7 Å². The highest BCUT2D eigenvalue weighted by Crippen LogP contribution is 2.41. The van der Waals surface area contributed by atoms with E-state index >= 15 is 0 Å². The van der Waals surface area contributed by atoms with Gasteiger partial charge in [0.1, 0.15) is 48.8 Å². The fraction of sp³-hybridized carbons (Fsp3) is 0.942. The highest BCUT2D eigenvalue weighted by atomic mass is 32.3. The number of carbonyl (C=O) groups is 4. The molecule has 0 radical (unpaired) electrons. The quantitative estimate of drug-likeness (QED) is 0.0377. The van der Waals surface area contributed by atoms with E-state index < -0.39 is 236 Å². The molecule has 38 nitrogen and oxygen atoms in total. The Hall–Kier alpha value is -3.26. The van der Waals surface area contributed by atoms with Crippen LogP contribution in [0, 0.1) is 23.7 Å². The van der Waals surface area contributed by atoms with Gasteiger partial charge in [0.25, 0.3) is 0 Å². The van der Waals surface area contributed by atoms with Gasteiger partial charge < -0.3 is 127 Å². The summed E-state index contributed by atoms with van der Waals surface area (Å²) in [6, 6.07) is -3.32. The van der Waals surface area contributed by atoms with Crippen LogP contribution in [0.15, 0.2) is 0 Å². The van der Waals surface area contributed by atoms with Crippen molar-refractivity contribution in [3.63, 3.8) is 0 Å². The number of aliphatic hydroxyl groups is 3. The Morgan fingerprint density at radius 1 is 0.385 bits per heavy atom. The molecule has 40 heteroatoms. The van der Waals surface area contributed by atoms with Gasteiger partial charge in [0, 0.05) is 103 Å². The fourth-order valence-electron chi connectivity index (χ4n) is 15.5. The Labute approximate surface area is 638 Å². The minimum Gasteiger partial charge on any atom is -0.394 e. The molecule has 109 heavy (non-hydrogen) atoms. The molecule has 8 aliphatic rings. The second-order valence-electron chi connectivity index (χ2n) is 29.2. The summed E-state index contributed by atoms with van der Waals surface area (Å²) in [5, 5.41) is 44.0. The molecule has 8 aliphatic heterocycles. The Morgan fingerprint density at radius 2 is 0.661 bits per heavy atom. The first-order valence-electron chi connectivity index (χ1n) is 38.0. The van der Waals surface area contributed by atoms with E-state index in [0.29, 0.717) is 32.1 Å². The van der Waals surface area contributed by atoms with Crippen molar-refractivity contribution in [2.75, 3.05) is 81.3 Å². The number of amides is 4. The molecule has 32 atom stereocenters. The highest BCUT2D eigenvalue weighted by molar-refractivity contribution is 7.81. The van der Waals surface area contributed by atoms with Gasteiger partial charge in [0.15, 0.2) is 44.0 Å².